The molecule has 188 valence electrons. The van der Waals surface area contributed by atoms with Crippen LogP contribution in [0.15, 0.2) is 0 Å². The molecular formula is C30H63P. The summed E-state index contributed by atoms with van der Waals surface area (Å²) in [4.78, 5) is 0. The molecular weight excluding hydrogens is 391 g/mol. The summed E-state index contributed by atoms with van der Waals surface area (Å²) in [6.07, 6.45) is 34.6. The topological polar surface area (TPSA) is 0 Å². The molecule has 0 aliphatic heterocycles. The first-order valence-corrected chi connectivity index (χ1v) is 15.5. The summed E-state index contributed by atoms with van der Waals surface area (Å²) in [5.41, 5.74) is 0. The average Bonchev–Trinajstić information content (AvgIpc) is 2.77. The van der Waals surface area contributed by atoms with Crippen LogP contribution in [-0.2, 0) is 0 Å². The molecule has 2 atom stereocenters. The normalized spacial score (nSPS) is 13.1. The maximum absolute atomic E-state index is 3.48. The molecule has 2 unspecified atom stereocenters. The summed E-state index contributed by atoms with van der Waals surface area (Å²) in [5, 5.41) is 0.522. The summed E-state index contributed by atoms with van der Waals surface area (Å²) in [5.74, 6) is 0.940. The second-order valence-electron chi connectivity index (χ2n) is 10.7. The second kappa shape index (κ2) is 23.6. The molecule has 31 heavy (non-hydrogen) atoms. The molecule has 0 saturated heterocycles. The lowest BCUT2D eigenvalue weighted by Crippen LogP contribution is -2.32. The van der Waals surface area contributed by atoms with Crippen LogP contribution in [0.4, 0.5) is 0 Å². The average molecular weight is 455 g/mol. The lowest BCUT2D eigenvalue weighted by Gasteiger charge is -2.39. The van der Waals surface area contributed by atoms with Crippen molar-refractivity contribution in [3.05, 3.63) is 0 Å². The van der Waals surface area contributed by atoms with Crippen molar-refractivity contribution in [2.45, 2.75) is 187 Å². The van der Waals surface area contributed by atoms with Gasteiger partial charge in [-0.3, -0.25) is 0 Å². The third-order valence-corrected chi connectivity index (χ3v) is 8.67. The zero-order chi connectivity index (χ0) is 23.0. The highest BCUT2D eigenvalue weighted by molar-refractivity contribution is 7.19. The van der Waals surface area contributed by atoms with Gasteiger partial charge >= 0.3 is 0 Å². The smallest absolute Gasteiger partial charge is 0.0122 e. The number of hydrogen-bond acceptors (Lipinski definition) is 0. The third kappa shape index (κ3) is 18.5. The van der Waals surface area contributed by atoms with Crippen LogP contribution in [-0.4, -0.2) is 5.16 Å². The largest absolute Gasteiger partial charge is 0.131 e. The van der Waals surface area contributed by atoms with Crippen LogP contribution >= 0.6 is 9.24 Å². The van der Waals surface area contributed by atoms with Gasteiger partial charge in [-0.25, -0.2) is 0 Å². The summed E-state index contributed by atoms with van der Waals surface area (Å²) < 4.78 is 0. The van der Waals surface area contributed by atoms with Gasteiger partial charge in [-0.1, -0.05) is 156 Å². The SMILES string of the molecule is CCCCCCCCC(CCCC)C(P)(CCCCCCCC)CCCCCCCC. The van der Waals surface area contributed by atoms with E-state index in [1.54, 1.807) is 0 Å². The molecule has 0 spiro atoms. The van der Waals surface area contributed by atoms with Crippen molar-refractivity contribution in [2.75, 3.05) is 0 Å². The summed E-state index contributed by atoms with van der Waals surface area (Å²) in [6.45, 7) is 9.37. The van der Waals surface area contributed by atoms with E-state index < -0.39 is 0 Å². The molecule has 1 heteroatoms. The van der Waals surface area contributed by atoms with Gasteiger partial charge in [-0.2, -0.15) is 0 Å². The molecule has 0 aromatic rings. The predicted octanol–water partition coefficient (Wildman–Crippen LogP) is 11.7. The van der Waals surface area contributed by atoms with Crippen molar-refractivity contribution in [3.8, 4) is 0 Å². The first-order valence-electron chi connectivity index (χ1n) is 14.9. The Kier molecular flexibility index (Phi) is 23.9. The minimum absolute atomic E-state index is 0.522. The molecule has 0 fully saturated rings. The quantitative estimate of drug-likeness (QED) is 0.0950. The second-order valence-corrected chi connectivity index (χ2v) is 11.8. The van der Waals surface area contributed by atoms with E-state index in [0.717, 1.165) is 5.92 Å². The van der Waals surface area contributed by atoms with Gasteiger partial charge in [0, 0.05) is 0 Å². The van der Waals surface area contributed by atoms with Crippen LogP contribution in [0.5, 0.6) is 0 Å². The highest BCUT2D eigenvalue weighted by Gasteiger charge is 2.32. The summed E-state index contributed by atoms with van der Waals surface area (Å²) >= 11 is 0. The molecule has 0 rings (SSSR count). The molecule has 0 aromatic heterocycles. The van der Waals surface area contributed by atoms with Gasteiger partial charge in [0.1, 0.15) is 0 Å². The van der Waals surface area contributed by atoms with Gasteiger partial charge in [0.05, 0.1) is 0 Å². The van der Waals surface area contributed by atoms with Crippen LogP contribution in [0.2, 0.25) is 0 Å². The van der Waals surface area contributed by atoms with Crippen molar-refractivity contribution < 1.29 is 0 Å². The molecule has 0 aromatic carbocycles. The molecule has 0 aliphatic rings. The zero-order valence-corrected chi connectivity index (χ0v) is 23.8. The van der Waals surface area contributed by atoms with Gasteiger partial charge in [0.2, 0.25) is 0 Å². The minimum atomic E-state index is 0.522. The third-order valence-electron chi connectivity index (χ3n) is 7.62. The van der Waals surface area contributed by atoms with Gasteiger partial charge in [0.25, 0.3) is 0 Å². The van der Waals surface area contributed by atoms with Crippen molar-refractivity contribution in [2.24, 2.45) is 5.92 Å². The van der Waals surface area contributed by atoms with E-state index >= 15 is 0 Å². The Hall–Kier alpha value is 0.430. The standard InChI is InChI=1S/C30H63P/c1-5-9-13-16-19-22-26-29(25-12-8-4)30(31,27-23-20-17-14-10-6-2)28-24-21-18-15-11-7-3/h29H,5-28,31H2,1-4H3. The molecule has 0 N–H and O–H groups in total. The van der Waals surface area contributed by atoms with Crippen molar-refractivity contribution in [1.82, 2.24) is 0 Å². The lowest BCUT2D eigenvalue weighted by atomic mass is 9.77. The van der Waals surface area contributed by atoms with Crippen molar-refractivity contribution in [1.29, 1.82) is 0 Å². The first-order chi connectivity index (χ1) is 15.1. The highest BCUT2D eigenvalue weighted by Crippen LogP contribution is 2.44. The molecule has 0 aliphatic carbocycles. The number of hydrogen-bond donors (Lipinski definition) is 0. The number of rotatable bonds is 25. The van der Waals surface area contributed by atoms with Gasteiger partial charge in [0.15, 0.2) is 0 Å². The zero-order valence-electron chi connectivity index (χ0n) is 22.6. The van der Waals surface area contributed by atoms with E-state index in [0.29, 0.717) is 5.16 Å². The molecule has 0 saturated carbocycles. The fraction of sp³-hybridized carbons (Fsp3) is 1.00. The van der Waals surface area contributed by atoms with E-state index in [-0.39, 0.29) is 0 Å². The fourth-order valence-electron chi connectivity index (χ4n) is 5.34. The van der Waals surface area contributed by atoms with Gasteiger partial charge in [-0.15, -0.1) is 9.24 Å². The maximum atomic E-state index is 3.48. The first kappa shape index (κ1) is 31.4. The van der Waals surface area contributed by atoms with Crippen LogP contribution in [0.25, 0.3) is 0 Å². The molecule has 0 bridgehead atoms. The van der Waals surface area contributed by atoms with E-state index in [1.165, 1.54) is 154 Å². The Bertz CT molecular complexity index is 321. The van der Waals surface area contributed by atoms with Crippen LogP contribution in [0.3, 0.4) is 0 Å². The Balaban J connectivity index is 4.71. The van der Waals surface area contributed by atoms with Crippen molar-refractivity contribution in [3.63, 3.8) is 0 Å². The Labute approximate surface area is 202 Å². The van der Waals surface area contributed by atoms with Crippen LogP contribution in [0.1, 0.15) is 182 Å². The molecule has 0 amide bonds. The van der Waals surface area contributed by atoms with Gasteiger partial charge in [-0.05, 0) is 36.8 Å². The molecule has 0 nitrogen and oxygen atoms in total. The Morgan fingerprint density at radius 1 is 0.419 bits per heavy atom. The van der Waals surface area contributed by atoms with E-state index in [9.17, 15) is 0 Å². The Morgan fingerprint density at radius 2 is 0.742 bits per heavy atom. The van der Waals surface area contributed by atoms with E-state index in [1.807, 2.05) is 0 Å². The summed E-state index contributed by atoms with van der Waals surface area (Å²) in [6, 6.07) is 0. The Morgan fingerprint density at radius 3 is 1.16 bits per heavy atom. The maximum Gasteiger partial charge on any atom is -0.0122 e. The molecule has 0 radical (unpaired) electrons. The van der Waals surface area contributed by atoms with Crippen molar-refractivity contribution >= 4 is 9.24 Å². The van der Waals surface area contributed by atoms with Crippen LogP contribution in [0, 0.1) is 5.92 Å². The fourth-order valence-corrected chi connectivity index (χ4v) is 6.08. The van der Waals surface area contributed by atoms with Crippen LogP contribution < -0.4 is 0 Å². The van der Waals surface area contributed by atoms with E-state index in [4.69, 9.17) is 0 Å². The van der Waals surface area contributed by atoms with Gasteiger partial charge < -0.3 is 0 Å². The predicted molar refractivity (Wildman–Crippen MR) is 149 cm³/mol. The number of unbranched alkanes of at least 4 members (excludes halogenated alkanes) is 16. The summed E-state index contributed by atoms with van der Waals surface area (Å²) in [7, 11) is 3.48. The monoisotopic (exact) mass is 454 g/mol. The molecule has 0 heterocycles. The highest BCUT2D eigenvalue weighted by atomic mass is 31.0. The van der Waals surface area contributed by atoms with E-state index in [2.05, 4.69) is 36.9 Å². The minimum Gasteiger partial charge on any atom is -0.131 e. The lowest BCUT2D eigenvalue weighted by molar-refractivity contribution is 0.271.